The average Bonchev–Trinajstić information content (AvgIpc) is 3.62. The molecule has 4 aromatic rings. The number of hydrogen-bond donors (Lipinski definition) is 0. The maximum Gasteiger partial charge on any atom is 0.254 e. The minimum Gasteiger partial charge on any atom is -0.497 e. The SMILES string of the molecule is CCN1CCN(C(=O)c2ccccc2CSc2nnc(-c3cccs3)n2-c2ccc(OC)cc2)CC1. The van der Waals surface area contributed by atoms with E-state index in [1.54, 1.807) is 30.2 Å². The number of carbonyl (C=O) groups excluding carboxylic acids is 1. The van der Waals surface area contributed by atoms with Gasteiger partial charge in [-0.15, -0.1) is 21.5 Å². The fourth-order valence-corrected chi connectivity index (χ4v) is 5.98. The Morgan fingerprint density at radius 2 is 1.78 bits per heavy atom. The van der Waals surface area contributed by atoms with Crippen LogP contribution in [0.4, 0.5) is 0 Å². The highest BCUT2D eigenvalue weighted by Crippen LogP contribution is 2.33. The first-order chi connectivity index (χ1) is 17.7. The van der Waals surface area contributed by atoms with Gasteiger partial charge in [-0.05, 0) is 53.9 Å². The van der Waals surface area contributed by atoms with Crippen LogP contribution in [-0.2, 0) is 5.75 Å². The molecule has 0 saturated carbocycles. The molecule has 0 spiro atoms. The molecule has 5 rings (SSSR count). The van der Waals surface area contributed by atoms with Crippen LogP contribution in [0.3, 0.4) is 0 Å². The van der Waals surface area contributed by atoms with Gasteiger partial charge in [0, 0.05) is 37.5 Å². The molecule has 0 bridgehead atoms. The van der Waals surface area contributed by atoms with Gasteiger partial charge in [0.05, 0.1) is 17.7 Å². The summed E-state index contributed by atoms with van der Waals surface area (Å²) in [5.74, 6) is 2.33. The lowest BCUT2D eigenvalue weighted by Gasteiger charge is -2.34. The normalized spacial score (nSPS) is 14.2. The zero-order valence-electron chi connectivity index (χ0n) is 20.5. The standard InChI is InChI=1S/C27H29N5O2S2/c1-3-30-14-16-31(17-15-30)26(33)23-8-5-4-7-20(23)19-36-27-29-28-25(24-9-6-18-35-24)32(27)21-10-12-22(34-2)13-11-21/h4-13,18H,3,14-17,19H2,1-2H3. The van der Waals surface area contributed by atoms with E-state index in [1.165, 1.54) is 0 Å². The van der Waals surface area contributed by atoms with Crippen molar-refractivity contribution in [2.45, 2.75) is 17.8 Å². The average molecular weight is 520 g/mol. The van der Waals surface area contributed by atoms with Crippen LogP contribution >= 0.6 is 23.1 Å². The van der Waals surface area contributed by atoms with Gasteiger partial charge in [0.25, 0.3) is 5.91 Å². The van der Waals surface area contributed by atoms with Gasteiger partial charge < -0.3 is 14.5 Å². The summed E-state index contributed by atoms with van der Waals surface area (Å²) >= 11 is 3.22. The van der Waals surface area contributed by atoms with Crippen molar-refractivity contribution >= 4 is 29.0 Å². The lowest BCUT2D eigenvalue weighted by Crippen LogP contribution is -2.48. The number of piperazine rings is 1. The van der Waals surface area contributed by atoms with E-state index in [4.69, 9.17) is 4.74 Å². The molecule has 0 unspecified atom stereocenters. The second-order valence-electron chi connectivity index (χ2n) is 8.49. The molecule has 2 aromatic carbocycles. The van der Waals surface area contributed by atoms with Gasteiger partial charge in [0.2, 0.25) is 0 Å². The number of aromatic nitrogens is 3. The van der Waals surface area contributed by atoms with Crippen molar-refractivity contribution in [1.29, 1.82) is 0 Å². The number of amides is 1. The third-order valence-electron chi connectivity index (χ3n) is 6.42. The third kappa shape index (κ3) is 5.18. The molecule has 36 heavy (non-hydrogen) atoms. The van der Waals surface area contributed by atoms with E-state index in [1.807, 2.05) is 64.9 Å². The number of thioether (sulfide) groups is 1. The number of methoxy groups -OCH3 is 1. The first-order valence-electron chi connectivity index (χ1n) is 12.0. The number of hydrogen-bond acceptors (Lipinski definition) is 7. The van der Waals surface area contributed by atoms with Crippen LogP contribution in [0.15, 0.2) is 71.2 Å². The number of ether oxygens (including phenoxy) is 1. The molecule has 186 valence electrons. The van der Waals surface area contributed by atoms with Crippen LogP contribution in [0.1, 0.15) is 22.8 Å². The number of likely N-dealkylation sites (N-methyl/N-ethyl adjacent to an activating group) is 1. The number of rotatable bonds is 8. The molecular formula is C27H29N5O2S2. The molecular weight excluding hydrogens is 490 g/mol. The van der Waals surface area contributed by atoms with Gasteiger partial charge in [0.1, 0.15) is 5.75 Å². The molecule has 0 aliphatic carbocycles. The molecule has 0 atom stereocenters. The zero-order chi connectivity index (χ0) is 24.9. The molecule has 9 heteroatoms. The van der Waals surface area contributed by atoms with Gasteiger partial charge in [-0.1, -0.05) is 43.0 Å². The highest BCUT2D eigenvalue weighted by Gasteiger charge is 2.24. The molecule has 7 nitrogen and oxygen atoms in total. The summed E-state index contributed by atoms with van der Waals surface area (Å²) < 4.78 is 7.41. The first kappa shape index (κ1) is 24.5. The van der Waals surface area contributed by atoms with Crippen LogP contribution in [0.5, 0.6) is 5.75 Å². The Hall–Kier alpha value is -3.14. The van der Waals surface area contributed by atoms with Gasteiger partial charge in [0.15, 0.2) is 11.0 Å². The molecule has 1 aliphatic rings. The van der Waals surface area contributed by atoms with Crippen molar-refractivity contribution in [3.05, 3.63) is 77.2 Å². The van der Waals surface area contributed by atoms with Crippen LogP contribution < -0.4 is 4.74 Å². The van der Waals surface area contributed by atoms with Crippen molar-refractivity contribution in [3.63, 3.8) is 0 Å². The fourth-order valence-electron chi connectivity index (χ4n) is 4.33. The summed E-state index contributed by atoms with van der Waals surface area (Å²) in [6.45, 7) is 6.58. The minimum atomic E-state index is 0.109. The Morgan fingerprint density at radius 3 is 2.47 bits per heavy atom. The number of benzene rings is 2. The second kappa shape index (κ2) is 11.3. The topological polar surface area (TPSA) is 63.5 Å². The highest BCUT2D eigenvalue weighted by molar-refractivity contribution is 7.98. The van der Waals surface area contributed by atoms with Crippen molar-refractivity contribution in [3.8, 4) is 22.1 Å². The van der Waals surface area contributed by atoms with E-state index < -0.39 is 0 Å². The Kier molecular flexibility index (Phi) is 7.69. The maximum atomic E-state index is 13.4. The van der Waals surface area contributed by atoms with Crippen LogP contribution in [0, 0.1) is 0 Å². The van der Waals surface area contributed by atoms with Gasteiger partial charge >= 0.3 is 0 Å². The van der Waals surface area contributed by atoms with Crippen molar-refractivity contribution in [2.24, 2.45) is 0 Å². The molecule has 0 N–H and O–H groups in total. The van der Waals surface area contributed by atoms with E-state index in [2.05, 4.69) is 32.7 Å². The predicted molar refractivity (Wildman–Crippen MR) is 145 cm³/mol. The fraction of sp³-hybridized carbons (Fsp3) is 0.296. The molecule has 2 aromatic heterocycles. The lowest BCUT2D eigenvalue weighted by atomic mass is 10.1. The van der Waals surface area contributed by atoms with Crippen molar-refractivity contribution in [2.75, 3.05) is 39.8 Å². The van der Waals surface area contributed by atoms with E-state index >= 15 is 0 Å². The summed E-state index contributed by atoms with van der Waals surface area (Å²) in [6, 6.07) is 19.9. The lowest BCUT2D eigenvalue weighted by molar-refractivity contribution is 0.0642. The van der Waals surface area contributed by atoms with Gasteiger partial charge in [-0.25, -0.2) is 0 Å². The molecule has 1 fully saturated rings. The number of thiophene rings is 1. The Morgan fingerprint density at radius 1 is 1.00 bits per heavy atom. The van der Waals surface area contributed by atoms with E-state index in [9.17, 15) is 4.79 Å². The van der Waals surface area contributed by atoms with Crippen LogP contribution in [0.25, 0.3) is 16.4 Å². The van der Waals surface area contributed by atoms with Crippen molar-refractivity contribution < 1.29 is 9.53 Å². The minimum absolute atomic E-state index is 0.109. The largest absolute Gasteiger partial charge is 0.497 e. The van der Waals surface area contributed by atoms with Gasteiger partial charge in [-0.3, -0.25) is 9.36 Å². The first-order valence-corrected chi connectivity index (χ1v) is 13.9. The summed E-state index contributed by atoms with van der Waals surface area (Å²) in [4.78, 5) is 18.8. The van der Waals surface area contributed by atoms with E-state index in [0.717, 1.165) is 71.1 Å². The van der Waals surface area contributed by atoms with Crippen LogP contribution in [-0.4, -0.2) is 70.3 Å². The Balaban J connectivity index is 1.40. The Bertz CT molecular complexity index is 1300. The Labute approximate surface area is 219 Å². The predicted octanol–water partition coefficient (Wildman–Crippen LogP) is 5.07. The van der Waals surface area contributed by atoms with E-state index in [0.29, 0.717) is 5.75 Å². The van der Waals surface area contributed by atoms with Gasteiger partial charge in [-0.2, -0.15) is 0 Å². The second-order valence-corrected chi connectivity index (χ2v) is 10.4. The van der Waals surface area contributed by atoms with E-state index in [-0.39, 0.29) is 5.91 Å². The molecule has 3 heterocycles. The number of nitrogens with zero attached hydrogens (tertiary/aromatic N) is 5. The van der Waals surface area contributed by atoms with Crippen LogP contribution in [0.2, 0.25) is 0 Å². The maximum absolute atomic E-state index is 13.4. The third-order valence-corrected chi connectivity index (χ3v) is 8.26. The monoisotopic (exact) mass is 519 g/mol. The smallest absolute Gasteiger partial charge is 0.254 e. The summed E-state index contributed by atoms with van der Waals surface area (Å²) in [7, 11) is 1.66. The molecule has 0 radical (unpaired) electrons. The highest BCUT2D eigenvalue weighted by atomic mass is 32.2. The quantitative estimate of drug-likeness (QED) is 0.303. The summed E-state index contributed by atoms with van der Waals surface area (Å²) in [5, 5.41) is 11.9. The zero-order valence-corrected chi connectivity index (χ0v) is 22.1. The summed E-state index contributed by atoms with van der Waals surface area (Å²) in [6.07, 6.45) is 0. The number of carbonyl (C=O) groups is 1. The molecule has 1 amide bonds. The molecule has 1 aliphatic heterocycles. The summed E-state index contributed by atoms with van der Waals surface area (Å²) in [5.41, 5.74) is 2.74. The molecule has 1 saturated heterocycles. The van der Waals surface area contributed by atoms with Crippen molar-refractivity contribution in [1.82, 2.24) is 24.6 Å².